The molecule has 0 saturated carbocycles. The molecular formula is C14H17N3O2. The molecular weight excluding hydrogens is 242 g/mol. The van der Waals surface area contributed by atoms with Gasteiger partial charge < -0.3 is 20.8 Å². The summed E-state index contributed by atoms with van der Waals surface area (Å²) in [6.45, 7) is 2.74. The van der Waals surface area contributed by atoms with Gasteiger partial charge in [0.15, 0.2) is 0 Å². The van der Waals surface area contributed by atoms with Crippen molar-refractivity contribution in [1.82, 2.24) is 4.98 Å². The van der Waals surface area contributed by atoms with Crippen molar-refractivity contribution < 1.29 is 9.53 Å². The van der Waals surface area contributed by atoms with E-state index >= 15 is 0 Å². The zero-order valence-electron chi connectivity index (χ0n) is 10.8. The van der Waals surface area contributed by atoms with Gasteiger partial charge in [-0.3, -0.25) is 4.79 Å². The lowest BCUT2D eigenvalue weighted by atomic mass is 10.3. The monoisotopic (exact) mass is 259 g/mol. The van der Waals surface area contributed by atoms with E-state index in [4.69, 9.17) is 10.5 Å². The molecule has 1 heterocycles. The summed E-state index contributed by atoms with van der Waals surface area (Å²) in [5.41, 5.74) is 7.23. The van der Waals surface area contributed by atoms with Crippen LogP contribution in [-0.4, -0.2) is 17.5 Å². The average Bonchev–Trinajstić information content (AvgIpc) is 2.85. The van der Waals surface area contributed by atoms with Crippen molar-refractivity contribution in [2.75, 3.05) is 17.7 Å². The Kier molecular flexibility index (Phi) is 4.07. The molecule has 0 atom stereocenters. The van der Waals surface area contributed by atoms with Crippen molar-refractivity contribution in [1.29, 1.82) is 0 Å². The van der Waals surface area contributed by atoms with Crippen molar-refractivity contribution in [3.05, 3.63) is 42.2 Å². The van der Waals surface area contributed by atoms with E-state index in [0.29, 0.717) is 23.7 Å². The maximum Gasteiger partial charge on any atom is 0.272 e. The first-order valence-electron chi connectivity index (χ1n) is 6.17. The van der Waals surface area contributed by atoms with Gasteiger partial charge in [0, 0.05) is 17.6 Å². The van der Waals surface area contributed by atoms with Crippen LogP contribution >= 0.6 is 0 Å². The number of aromatic nitrogens is 1. The molecule has 19 heavy (non-hydrogen) atoms. The number of nitrogen functional groups attached to an aromatic ring is 1. The van der Waals surface area contributed by atoms with Crippen LogP contribution in [0, 0.1) is 0 Å². The number of nitrogens with two attached hydrogens (primary N) is 1. The van der Waals surface area contributed by atoms with Gasteiger partial charge in [0.2, 0.25) is 0 Å². The lowest BCUT2D eigenvalue weighted by molar-refractivity contribution is 0.102. The SMILES string of the molecule is CCCOc1ccc(NC(=O)c2cc(N)c[nH]2)cc1. The van der Waals surface area contributed by atoms with Gasteiger partial charge in [-0.2, -0.15) is 0 Å². The summed E-state index contributed by atoms with van der Waals surface area (Å²) in [7, 11) is 0. The first kappa shape index (κ1) is 13.0. The summed E-state index contributed by atoms with van der Waals surface area (Å²) in [5, 5.41) is 2.77. The summed E-state index contributed by atoms with van der Waals surface area (Å²) in [5.74, 6) is 0.572. The van der Waals surface area contributed by atoms with Gasteiger partial charge in [-0.25, -0.2) is 0 Å². The number of hydrogen-bond donors (Lipinski definition) is 3. The minimum absolute atomic E-state index is 0.223. The summed E-state index contributed by atoms with van der Waals surface area (Å²) in [4.78, 5) is 14.7. The van der Waals surface area contributed by atoms with Gasteiger partial charge in [-0.15, -0.1) is 0 Å². The molecule has 0 aliphatic carbocycles. The van der Waals surface area contributed by atoms with Gasteiger partial charge in [0.05, 0.1) is 6.61 Å². The lowest BCUT2D eigenvalue weighted by Gasteiger charge is -2.07. The molecule has 0 radical (unpaired) electrons. The highest BCUT2D eigenvalue weighted by molar-refractivity contribution is 6.03. The van der Waals surface area contributed by atoms with Crippen LogP contribution in [-0.2, 0) is 0 Å². The first-order chi connectivity index (χ1) is 9.19. The molecule has 0 fully saturated rings. The Balaban J connectivity index is 1.97. The van der Waals surface area contributed by atoms with Crippen molar-refractivity contribution in [3.63, 3.8) is 0 Å². The molecule has 1 aromatic carbocycles. The molecule has 5 heteroatoms. The van der Waals surface area contributed by atoms with E-state index in [2.05, 4.69) is 17.2 Å². The smallest absolute Gasteiger partial charge is 0.272 e. The van der Waals surface area contributed by atoms with Crippen LogP contribution < -0.4 is 15.8 Å². The van der Waals surface area contributed by atoms with E-state index in [9.17, 15) is 4.79 Å². The predicted molar refractivity (Wildman–Crippen MR) is 75.4 cm³/mol. The second-order valence-electron chi connectivity index (χ2n) is 4.17. The van der Waals surface area contributed by atoms with Crippen LogP contribution in [0.1, 0.15) is 23.8 Å². The van der Waals surface area contributed by atoms with Crippen molar-refractivity contribution >= 4 is 17.3 Å². The van der Waals surface area contributed by atoms with Crippen molar-refractivity contribution in [2.45, 2.75) is 13.3 Å². The van der Waals surface area contributed by atoms with E-state index < -0.39 is 0 Å². The fourth-order valence-electron chi connectivity index (χ4n) is 1.60. The van der Waals surface area contributed by atoms with Gasteiger partial charge in [0.1, 0.15) is 11.4 Å². The Labute approximate surface area is 111 Å². The van der Waals surface area contributed by atoms with Gasteiger partial charge in [0.25, 0.3) is 5.91 Å². The largest absolute Gasteiger partial charge is 0.494 e. The Morgan fingerprint density at radius 2 is 2.11 bits per heavy atom. The molecule has 100 valence electrons. The molecule has 0 spiro atoms. The van der Waals surface area contributed by atoms with Crippen LogP contribution in [0.5, 0.6) is 5.75 Å². The topological polar surface area (TPSA) is 80.1 Å². The summed E-state index contributed by atoms with van der Waals surface area (Å²) in [6, 6.07) is 8.85. The number of amides is 1. The number of benzene rings is 1. The third-order valence-electron chi connectivity index (χ3n) is 2.54. The van der Waals surface area contributed by atoms with Gasteiger partial charge in [-0.1, -0.05) is 6.92 Å². The van der Waals surface area contributed by atoms with Crippen LogP contribution in [0.2, 0.25) is 0 Å². The van der Waals surface area contributed by atoms with E-state index in [0.717, 1.165) is 12.2 Å². The molecule has 0 saturated heterocycles. The number of nitrogens with one attached hydrogen (secondary N) is 2. The first-order valence-corrected chi connectivity index (χ1v) is 6.17. The minimum atomic E-state index is -0.223. The quantitative estimate of drug-likeness (QED) is 0.772. The summed E-state index contributed by atoms with van der Waals surface area (Å²) in [6.07, 6.45) is 2.54. The van der Waals surface area contributed by atoms with Gasteiger partial charge in [-0.05, 0) is 36.8 Å². The van der Waals surface area contributed by atoms with Crippen molar-refractivity contribution in [3.8, 4) is 5.75 Å². The number of carbonyl (C=O) groups is 1. The number of hydrogen-bond acceptors (Lipinski definition) is 3. The molecule has 0 unspecified atom stereocenters. The average molecular weight is 259 g/mol. The Hall–Kier alpha value is -2.43. The normalized spacial score (nSPS) is 10.2. The Morgan fingerprint density at radius 1 is 1.37 bits per heavy atom. The number of H-pyrrole nitrogens is 1. The zero-order valence-corrected chi connectivity index (χ0v) is 10.8. The second kappa shape index (κ2) is 5.95. The highest BCUT2D eigenvalue weighted by Gasteiger charge is 2.07. The highest BCUT2D eigenvalue weighted by atomic mass is 16.5. The van der Waals surface area contributed by atoms with E-state index in [-0.39, 0.29) is 5.91 Å². The molecule has 2 rings (SSSR count). The summed E-state index contributed by atoms with van der Waals surface area (Å²) >= 11 is 0. The number of aromatic amines is 1. The van der Waals surface area contributed by atoms with Crippen LogP contribution in [0.4, 0.5) is 11.4 Å². The molecule has 1 aromatic heterocycles. The molecule has 2 aromatic rings. The van der Waals surface area contributed by atoms with Gasteiger partial charge >= 0.3 is 0 Å². The van der Waals surface area contributed by atoms with Crippen molar-refractivity contribution in [2.24, 2.45) is 0 Å². The Morgan fingerprint density at radius 3 is 2.68 bits per heavy atom. The van der Waals surface area contributed by atoms with E-state index in [1.165, 1.54) is 0 Å². The van der Waals surface area contributed by atoms with Crippen LogP contribution in [0.25, 0.3) is 0 Å². The molecule has 0 bridgehead atoms. The zero-order chi connectivity index (χ0) is 13.7. The van der Waals surface area contributed by atoms with Crippen LogP contribution in [0.15, 0.2) is 36.5 Å². The third-order valence-corrected chi connectivity index (χ3v) is 2.54. The van der Waals surface area contributed by atoms with E-state index in [1.807, 2.05) is 12.1 Å². The number of ether oxygens (including phenoxy) is 1. The number of carbonyl (C=O) groups excluding carboxylic acids is 1. The third kappa shape index (κ3) is 3.51. The predicted octanol–water partition coefficient (Wildman–Crippen LogP) is 2.64. The standard InChI is InChI=1S/C14H17N3O2/c1-2-7-19-12-5-3-11(4-6-12)17-14(18)13-8-10(15)9-16-13/h3-6,8-9,16H,2,7,15H2,1H3,(H,17,18). The Bertz CT molecular complexity index is 546. The summed E-state index contributed by atoms with van der Waals surface area (Å²) < 4.78 is 5.47. The number of anilines is 2. The maximum atomic E-state index is 11.9. The fraction of sp³-hybridized carbons (Fsp3) is 0.214. The lowest BCUT2D eigenvalue weighted by Crippen LogP contribution is -2.12. The maximum absolute atomic E-state index is 11.9. The molecule has 5 nitrogen and oxygen atoms in total. The van der Waals surface area contributed by atoms with E-state index in [1.54, 1.807) is 24.4 Å². The second-order valence-corrected chi connectivity index (χ2v) is 4.17. The highest BCUT2D eigenvalue weighted by Crippen LogP contribution is 2.16. The molecule has 4 N–H and O–H groups in total. The number of rotatable bonds is 5. The fourth-order valence-corrected chi connectivity index (χ4v) is 1.60. The molecule has 0 aliphatic heterocycles. The van der Waals surface area contributed by atoms with Crippen LogP contribution in [0.3, 0.4) is 0 Å². The molecule has 0 aliphatic rings. The molecule has 1 amide bonds. The minimum Gasteiger partial charge on any atom is -0.494 e.